The number of hydrogen-bond acceptors (Lipinski definition) is 4. The summed E-state index contributed by atoms with van der Waals surface area (Å²) in [5.74, 6) is 10.6. The highest BCUT2D eigenvalue weighted by Gasteiger charge is 1.93. The molecule has 0 spiro atoms. The van der Waals surface area contributed by atoms with E-state index in [1.54, 1.807) is 0 Å². The van der Waals surface area contributed by atoms with Gasteiger partial charge < -0.3 is 5.32 Å². The SMILES string of the molecule is C1CSCCN1.NN. The van der Waals surface area contributed by atoms with E-state index >= 15 is 0 Å². The minimum atomic E-state index is 1.21. The number of hydrogen-bond donors (Lipinski definition) is 3. The van der Waals surface area contributed by atoms with E-state index in [2.05, 4.69) is 17.0 Å². The van der Waals surface area contributed by atoms with Gasteiger partial charge in [-0.2, -0.15) is 11.8 Å². The Bertz CT molecular complexity index is 26.8. The molecule has 3 nitrogen and oxygen atoms in total. The molecule has 0 amide bonds. The van der Waals surface area contributed by atoms with E-state index < -0.39 is 0 Å². The van der Waals surface area contributed by atoms with Crippen molar-refractivity contribution in [3.63, 3.8) is 0 Å². The summed E-state index contributed by atoms with van der Waals surface area (Å²) < 4.78 is 0. The van der Waals surface area contributed by atoms with E-state index in [-0.39, 0.29) is 0 Å². The molecule has 1 aliphatic rings. The third-order valence-corrected chi connectivity index (χ3v) is 1.83. The van der Waals surface area contributed by atoms with Crippen molar-refractivity contribution in [2.45, 2.75) is 0 Å². The Morgan fingerprint density at radius 1 is 1.12 bits per heavy atom. The first-order valence-corrected chi connectivity index (χ1v) is 3.77. The van der Waals surface area contributed by atoms with Gasteiger partial charge in [-0.05, 0) is 0 Å². The fraction of sp³-hybridized carbons (Fsp3) is 1.00. The number of nitrogens with two attached hydrogens (primary N) is 2. The van der Waals surface area contributed by atoms with Crippen LogP contribution in [0, 0.1) is 0 Å². The first-order valence-electron chi connectivity index (χ1n) is 2.62. The van der Waals surface area contributed by atoms with Gasteiger partial charge >= 0.3 is 0 Å². The van der Waals surface area contributed by atoms with Crippen LogP contribution in [0.15, 0.2) is 0 Å². The van der Waals surface area contributed by atoms with Crippen molar-refractivity contribution in [2.24, 2.45) is 11.7 Å². The van der Waals surface area contributed by atoms with E-state index in [1.165, 1.54) is 24.6 Å². The molecule has 0 aromatic rings. The number of rotatable bonds is 0. The molecule has 0 bridgehead atoms. The van der Waals surface area contributed by atoms with E-state index in [1.807, 2.05) is 11.8 Å². The van der Waals surface area contributed by atoms with E-state index in [0.29, 0.717) is 0 Å². The maximum Gasteiger partial charge on any atom is 0.00585 e. The second-order valence-corrected chi connectivity index (χ2v) is 2.59. The third kappa shape index (κ3) is 4.39. The van der Waals surface area contributed by atoms with Gasteiger partial charge in [0, 0.05) is 24.6 Å². The average Bonchev–Trinajstić information content (AvgIpc) is 1.96. The minimum Gasteiger partial charge on any atom is -0.315 e. The second kappa shape index (κ2) is 7.23. The summed E-state index contributed by atoms with van der Waals surface area (Å²) in [6, 6.07) is 0. The van der Waals surface area contributed by atoms with Crippen LogP contribution in [0.4, 0.5) is 0 Å². The van der Waals surface area contributed by atoms with Gasteiger partial charge in [0.25, 0.3) is 0 Å². The third-order valence-electron chi connectivity index (χ3n) is 0.846. The molecule has 0 saturated carbocycles. The van der Waals surface area contributed by atoms with Crippen LogP contribution < -0.4 is 17.0 Å². The zero-order chi connectivity index (χ0) is 6.24. The first kappa shape index (κ1) is 8.23. The van der Waals surface area contributed by atoms with Gasteiger partial charge in [0.2, 0.25) is 0 Å². The number of hydrazine groups is 1. The van der Waals surface area contributed by atoms with Gasteiger partial charge in [-0.3, -0.25) is 11.7 Å². The van der Waals surface area contributed by atoms with Gasteiger partial charge in [-0.1, -0.05) is 0 Å². The van der Waals surface area contributed by atoms with Crippen LogP contribution in [-0.4, -0.2) is 24.6 Å². The second-order valence-electron chi connectivity index (χ2n) is 1.36. The number of nitrogens with one attached hydrogen (secondary N) is 1. The summed E-state index contributed by atoms with van der Waals surface area (Å²) in [7, 11) is 0. The predicted molar refractivity (Wildman–Crippen MR) is 38.6 cm³/mol. The van der Waals surface area contributed by atoms with Crippen LogP contribution in [0.3, 0.4) is 0 Å². The van der Waals surface area contributed by atoms with Crippen LogP contribution >= 0.6 is 11.8 Å². The molecular formula is C4H13N3S. The van der Waals surface area contributed by atoms with Crippen LogP contribution in [0.1, 0.15) is 0 Å². The maximum absolute atomic E-state index is 4.00. The fourth-order valence-corrected chi connectivity index (χ4v) is 1.30. The Kier molecular flexibility index (Phi) is 7.44. The summed E-state index contributed by atoms with van der Waals surface area (Å²) in [6.07, 6.45) is 0. The molecule has 5 N–H and O–H groups in total. The Balaban J connectivity index is 0.000000222. The molecule has 1 heterocycles. The predicted octanol–water partition coefficient (Wildman–Crippen LogP) is -0.858. The van der Waals surface area contributed by atoms with Crippen molar-refractivity contribution in [2.75, 3.05) is 24.6 Å². The summed E-state index contributed by atoms with van der Waals surface area (Å²) in [6.45, 7) is 2.43. The molecule has 0 aliphatic carbocycles. The molecule has 0 aromatic carbocycles. The largest absolute Gasteiger partial charge is 0.315 e. The fourth-order valence-electron chi connectivity index (χ4n) is 0.516. The van der Waals surface area contributed by atoms with Gasteiger partial charge in [0.05, 0.1) is 0 Å². The van der Waals surface area contributed by atoms with Crippen molar-refractivity contribution >= 4 is 11.8 Å². The van der Waals surface area contributed by atoms with E-state index in [0.717, 1.165) is 0 Å². The Morgan fingerprint density at radius 2 is 1.62 bits per heavy atom. The topological polar surface area (TPSA) is 64.1 Å². The molecule has 0 unspecified atom stereocenters. The molecular weight excluding hydrogens is 122 g/mol. The normalized spacial score (nSPS) is 18.8. The summed E-state index contributed by atoms with van der Waals surface area (Å²) in [5.41, 5.74) is 0. The molecule has 1 rings (SSSR count). The standard InChI is InChI=1S/C4H9NS.H4N2/c1-3-6-4-2-5-1;1-2/h5H,1-4H2;1-2H2. The van der Waals surface area contributed by atoms with Crippen molar-refractivity contribution in [3.8, 4) is 0 Å². The minimum absolute atomic E-state index is 1.21. The monoisotopic (exact) mass is 135 g/mol. The van der Waals surface area contributed by atoms with Crippen molar-refractivity contribution < 1.29 is 0 Å². The smallest absolute Gasteiger partial charge is 0.00585 e. The Labute approximate surface area is 54.2 Å². The van der Waals surface area contributed by atoms with Crippen molar-refractivity contribution in [3.05, 3.63) is 0 Å². The lowest BCUT2D eigenvalue weighted by molar-refractivity contribution is 0.756. The molecule has 1 fully saturated rings. The summed E-state index contributed by atoms with van der Waals surface area (Å²) in [4.78, 5) is 0. The van der Waals surface area contributed by atoms with Gasteiger partial charge in [0.1, 0.15) is 0 Å². The lowest BCUT2D eigenvalue weighted by Crippen LogP contribution is -2.24. The van der Waals surface area contributed by atoms with E-state index in [4.69, 9.17) is 0 Å². The quantitative estimate of drug-likeness (QED) is 0.299. The zero-order valence-corrected chi connectivity index (χ0v) is 5.71. The lowest BCUT2D eigenvalue weighted by atomic mass is 10.6. The molecule has 8 heavy (non-hydrogen) atoms. The number of thioether (sulfide) groups is 1. The van der Waals surface area contributed by atoms with Crippen molar-refractivity contribution in [1.82, 2.24) is 5.32 Å². The Hall–Kier alpha value is 0.230. The molecule has 4 heteroatoms. The van der Waals surface area contributed by atoms with Crippen LogP contribution in [0.2, 0.25) is 0 Å². The van der Waals surface area contributed by atoms with Crippen molar-refractivity contribution in [1.29, 1.82) is 0 Å². The maximum atomic E-state index is 4.00. The highest BCUT2D eigenvalue weighted by atomic mass is 32.2. The Morgan fingerprint density at radius 3 is 1.75 bits per heavy atom. The molecule has 0 aromatic heterocycles. The van der Waals surface area contributed by atoms with Gasteiger partial charge in [0.15, 0.2) is 0 Å². The zero-order valence-electron chi connectivity index (χ0n) is 4.89. The highest BCUT2D eigenvalue weighted by Crippen LogP contribution is 1.99. The molecule has 50 valence electrons. The summed E-state index contributed by atoms with van der Waals surface area (Å²) in [5, 5.41) is 3.26. The highest BCUT2D eigenvalue weighted by molar-refractivity contribution is 7.99. The van der Waals surface area contributed by atoms with Crippen LogP contribution in [0.5, 0.6) is 0 Å². The lowest BCUT2D eigenvalue weighted by Gasteiger charge is -2.08. The average molecular weight is 135 g/mol. The molecule has 0 atom stereocenters. The summed E-state index contributed by atoms with van der Waals surface area (Å²) >= 11 is 2.03. The molecule has 0 radical (unpaired) electrons. The van der Waals surface area contributed by atoms with Gasteiger partial charge in [-0.15, -0.1) is 0 Å². The molecule has 1 aliphatic heterocycles. The van der Waals surface area contributed by atoms with Crippen LogP contribution in [0.25, 0.3) is 0 Å². The van der Waals surface area contributed by atoms with Crippen LogP contribution in [-0.2, 0) is 0 Å². The van der Waals surface area contributed by atoms with Gasteiger partial charge in [-0.25, -0.2) is 0 Å². The first-order chi connectivity index (χ1) is 4.00. The molecule has 1 saturated heterocycles. The van der Waals surface area contributed by atoms with E-state index in [9.17, 15) is 0 Å².